The molecule has 4 aromatic rings. The standard InChI is InChI=1S/C28H26ClF3N4O2/c1-17-23(14-20(29)15-33-17)26(37)34-21-10-6-18(7-11-21)16-35-24-4-2-3-5-25(24)36(27(35)38)22-12-8-19(9-13-22)28(30,31)32/h2-5,8-9,12-15,18,21H,6-7,10-11,16H2,1H3,(H,34,37)/t18-,21-. The molecule has 0 spiro atoms. The second-order valence-electron chi connectivity index (χ2n) is 9.74. The maximum Gasteiger partial charge on any atom is 0.416 e. The van der Waals surface area contributed by atoms with Crippen LogP contribution in [0, 0.1) is 12.8 Å². The maximum atomic E-state index is 13.5. The van der Waals surface area contributed by atoms with E-state index in [-0.39, 0.29) is 23.6 Å². The van der Waals surface area contributed by atoms with Crippen LogP contribution in [-0.4, -0.2) is 26.1 Å². The number of alkyl halides is 3. The summed E-state index contributed by atoms with van der Waals surface area (Å²) in [6.45, 7) is 2.26. The number of aromatic nitrogens is 3. The number of hydrogen-bond donors (Lipinski definition) is 1. The largest absolute Gasteiger partial charge is 0.416 e. The number of fused-ring (bicyclic) bond motifs is 1. The van der Waals surface area contributed by atoms with Crippen molar-refractivity contribution in [3.05, 3.63) is 93.1 Å². The van der Waals surface area contributed by atoms with Gasteiger partial charge in [-0.2, -0.15) is 13.2 Å². The number of rotatable bonds is 5. The van der Waals surface area contributed by atoms with Crippen molar-refractivity contribution in [1.82, 2.24) is 19.4 Å². The topological polar surface area (TPSA) is 68.9 Å². The Bertz CT molecular complexity index is 1530. The molecule has 0 bridgehead atoms. The number of benzene rings is 2. The van der Waals surface area contributed by atoms with Crippen molar-refractivity contribution in [3.63, 3.8) is 0 Å². The third-order valence-electron chi connectivity index (χ3n) is 7.21. The van der Waals surface area contributed by atoms with Gasteiger partial charge in [0.15, 0.2) is 0 Å². The van der Waals surface area contributed by atoms with Crippen LogP contribution in [0.2, 0.25) is 5.02 Å². The molecule has 0 saturated heterocycles. The average Bonchev–Trinajstić information content (AvgIpc) is 3.17. The zero-order valence-electron chi connectivity index (χ0n) is 20.6. The van der Waals surface area contributed by atoms with Crippen molar-refractivity contribution in [2.24, 2.45) is 5.92 Å². The van der Waals surface area contributed by atoms with E-state index >= 15 is 0 Å². The van der Waals surface area contributed by atoms with Gasteiger partial charge in [0.05, 0.1) is 38.6 Å². The zero-order valence-corrected chi connectivity index (χ0v) is 21.4. The number of hydrogen-bond acceptors (Lipinski definition) is 3. The monoisotopic (exact) mass is 542 g/mol. The molecule has 0 unspecified atom stereocenters. The van der Waals surface area contributed by atoms with E-state index in [4.69, 9.17) is 11.6 Å². The fourth-order valence-corrected chi connectivity index (χ4v) is 5.34. The van der Waals surface area contributed by atoms with Gasteiger partial charge in [0, 0.05) is 18.8 Å². The quantitative estimate of drug-likeness (QED) is 0.328. The molecule has 2 aromatic carbocycles. The molecule has 0 aliphatic heterocycles. The van der Waals surface area contributed by atoms with Gasteiger partial charge >= 0.3 is 11.9 Å². The number of imidazole rings is 1. The lowest BCUT2D eigenvalue weighted by atomic mass is 9.85. The number of pyridine rings is 1. The summed E-state index contributed by atoms with van der Waals surface area (Å²) in [6, 6.07) is 13.6. The molecule has 10 heteroatoms. The van der Waals surface area contributed by atoms with Gasteiger partial charge in [0.1, 0.15) is 0 Å². The Balaban J connectivity index is 1.31. The molecule has 5 rings (SSSR count). The zero-order chi connectivity index (χ0) is 27.0. The minimum atomic E-state index is -4.44. The summed E-state index contributed by atoms with van der Waals surface area (Å²) < 4.78 is 42.3. The maximum absolute atomic E-state index is 13.5. The van der Waals surface area contributed by atoms with Gasteiger partial charge in [-0.3, -0.25) is 18.9 Å². The van der Waals surface area contributed by atoms with Crippen molar-refractivity contribution in [2.75, 3.05) is 0 Å². The Morgan fingerprint density at radius 2 is 1.71 bits per heavy atom. The normalized spacial score (nSPS) is 18.0. The van der Waals surface area contributed by atoms with Crippen LogP contribution in [0.15, 0.2) is 65.6 Å². The summed E-state index contributed by atoms with van der Waals surface area (Å²) in [4.78, 5) is 30.4. The molecule has 1 fully saturated rings. The number of halogens is 4. The number of nitrogens with one attached hydrogen (secondary N) is 1. The minimum Gasteiger partial charge on any atom is -0.349 e. The summed E-state index contributed by atoms with van der Waals surface area (Å²) in [5.41, 5.74) is 1.79. The first-order chi connectivity index (χ1) is 18.1. The summed E-state index contributed by atoms with van der Waals surface area (Å²) in [6.07, 6.45) is 0.258. The Hall–Kier alpha value is -3.59. The average molecular weight is 543 g/mol. The lowest BCUT2D eigenvalue weighted by molar-refractivity contribution is -0.137. The van der Waals surface area contributed by atoms with Gasteiger partial charge in [-0.1, -0.05) is 23.7 Å². The third-order valence-corrected chi connectivity index (χ3v) is 7.42. The lowest BCUT2D eigenvalue weighted by Gasteiger charge is -2.29. The highest BCUT2D eigenvalue weighted by Crippen LogP contribution is 2.31. The van der Waals surface area contributed by atoms with Gasteiger partial charge < -0.3 is 5.32 Å². The summed E-state index contributed by atoms with van der Waals surface area (Å²) >= 11 is 6.00. The van der Waals surface area contributed by atoms with Crippen molar-refractivity contribution in [1.29, 1.82) is 0 Å². The van der Waals surface area contributed by atoms with Crippen LogP contribution in [0.4, 0.5) is 13.2 Å². The SMILES string of the molecule is Cc1ncc(Cl)cc1C(=O)N[C@H]1CC[C@H](Cn2c(=O)n(-c3ccc(C(F)(F)F)cc3)c3ccccc32)CC1. The van der Waals surface area contributed by atoms with Crippen LogP contribution < -0.4 is 11.0 Å². The Kier molecular flexibility index (Phi) is 7.05. The van der Waals surface area contributed by atoms with E-state index in [1.165, 1.54) is 22.9 Å². The van der Waals surface area contributed by atoms with Crippen LogP contribution in [0.25, 0.3) is 16.7 Å². The van der Waals surface area contributed by atoms with Gasteiger partial charge in [-0.05, 0) is 81.0 Å². The van der Waals surface area contributed by atoms with E-state index in [1.54, 1.807) is 29.7 Å². The number of carbonyl (C=O) groups excluding carboxylic acids is 1. The summed E-state index contributed by atoms with van der Waals surface area (Å²) in [7, 11) is 0. The predicted octanol–water partition coefficient (Wildman–Crippen LogP) is 6.16. The van der Waals surface area contributed by atoms with Crippen LogP contribution in [0.5, 0.6) is 0 Å². The molecule has 2 heterocycles. The Labute approximate surface area is 222 Å². The fraction of sp³-hybridized carbons (Fsp3) is 0.321. The third kappa shape index (κ3) is 5.20. The lowest BCUT2D eigenvalue weighted by Crippen LogP contribution is -2.39. The van der Waals surface area contributed by atoms with Crippen LogP contribution in [0.3, 0.4) is 0 Å². The first kappa shape index (κ1) is 26.0. The highest BCUT2D eigenvalue weighted by Gasteiger charge is 2.30. The molecule has 2 aromatic heterocycles. The molecule has 198 valence electrons. The molecule has 0 atom stereocenters. The van der Waals surface area contributed by atoms with Crippen molar-refractivity contribution in [3.8, 4) is 5.69 Å². The fourth-order valence-electron chi connectivity index (χ4n) is 5.18. The molecular formula is C28H26ClF3N4O2. The first-order valence-electron chi connectivity index (χ1n) is 12.4. The summed E-state index contributed by atoms with van der Waals surface area (Å²) in [5.74, 6) is 0.0269. The number of para-hydroxylation sites is 2. The van der Waals surface area contributed by atoms with E-state index in [0.717, 1.165) is 43.3 Å². The Morgan fingerprint density at radius 1 is 1.05 bits per heavy atom. The highest BCUT2D eigenvalue weighted by atomic mass is 35.5. The van der Waals surface area contributed by atoms with E-state index in [2.05, 4.69) is 10.3 Å². The Morgan fingerprint density at radius 3 is 2.37 bits per heavy atom. The molecule has 1 aliphatic carbocycles. The molecule has 38 heavy (non-hydrogen) atoms. The molecule has 1 N–H and O–H groups in total. The van der Waals surface area contributed by atoms with E-state index in [0.29, 0.717) is 34.0 Å². The molecule has 0 radical (unpaired) electrons. The first-order valence-corrected chi connectivity index (χ1v) is 12.8. The highest BCUT2D eigenvalue weighted by molar-refractivity contribution is 6.30. The molecular weight excluding hydrogens is 517 g/mol. The van der Waals surface area contributed by atoms with E-state index in [1.807, 2.05) is 12.1 Å². The number of nitrogens with zero attached hydrogens (tertiary/aromatic N) is 3. The van der Waals surface area contributed by atoms with E-state index < -0.39 is 11.7 Å². The van der Waals surface area contributed by atoms with Gasteiger partial charge in [0.25, 0.3) is 5.91 Å². The van der Waals surface area contributed by atoms with Gasteiger partial charge in [0.2, 0.25) is 0 Å². The molecule has 1 amide bonds. The smallest absolute Gasteiger partial charge is 0.349 e. The van der Waals surface area contributed by atoms with Crippen LogP contribution in [0.1, 0.15) is 47.3 Å². The summed E-state index contributed by atoms with van der Waals surface area (Å²) in [5, 5.41) is 3.49. The van der Waals surface area contributed by atoms with Gasteiger partial charge in [-0.25, -0.2) is 4.79 Å². The number of aryl methyl sites for hydroxylation is 1. The molecule has 1 aliphatic rings. The van der Waals surface area contributed by atoms with Gasteiger partial charge in [-0.15, -0.1) is 0 Å². The molecule has 6 nitrogen and oxygen atoms in total. The second-order valence-corrected chi connectivity index (χ2v) is 10.2. The van der Waals surface area contributed by atoms with E-state index in [9.17, 15) is 22.8 Å². The number of carbonyl (C=O) groups is 1. The van der Waals surface area contributed by atoms with Crippen LogP contribution in [-0.2, 0) is 12.7 Å². The predicted molar refractivity (Wildman–Crippen MR) is 140 cm³/mol. The van der Waals surface area contributed by atoms with Crippen molar-refractivity contribution < 1.29 is 18.0 Å². The van der Waals surface area contributed by atoms with Crippen molar-refractivity contribution >= 4 is 28.5 Å². The van der Waals surface area contributed by atoms with Crippen molar-refractivity contribution in [2.45, 2.75) is 51.4 Å². The number of amides is 1. The second kappa shape index (κ2) is 10.3. The molecule has 1 saturated carbocycles. The minimum absolute atomic E-state index is 0.0161. The van der Waals surface area contributed by atoms with Crippen LogP contribution >= 0.6 is 11.6 Å².